The molecule has 0 bridgehead atoms. The van der Waals surface area contributed by atoms with Crippen molar-refractivity contribution in [3.05, 3.63) is 81.8 Å². The highest BCUT2D eigenvalue weighted by Gasteiger charge is 2.49. The van der Waals surface area contributed by atoms with Gasteiger partial charge in [-0.3, -0.25) is 14.7 Å². The molecule has 0 saturated carbocycles. The molecule has 0 aliphatic carbocycles. The molecule has 7 heteroatoms. The van der Waals surface area contributed by atoms with Crippen molar-refractivity contribution in [2.45, 2.75) is 19.5 Å². The van der Waals surface area contributed by atoms with Gasteiger partial charge in [0.15, 0.2) is 0 Å². The Hall–Kier alpha value is -2.64. The predicted octanol–water partition coefficient (Wildman–Crippen LogP) is 3.93. The van der Waals surface area contributed by atoms with E-state index in [1.54, 1.807) is 48.0 Å². The predicted molar refractivity (Wildman–Crippen MR) is 114 cm³/mol. The molecular formula is C23H23FN4OS. The molecular weight excluding hydrogens is 399 g/mol. The summed E-state index contributed by atoms with van der Waals surface area (Å²) in [6, 6.07) is 10.1. The minimum atomic E-state index is -0.264. The van der Waals surface area contributed by atoms with Crippen LogP contribution in [0.3, 0.4) is 0 Å². The molecule has 1 aromatic carbocycles. The van der Waals surface area contributed by atoms with Crippen LogP contribution < -0.4 is 0 Å². The highest BCUT2D eigenvalue weighted by molar-refractivity contribution is 7.09. The van der Waals surface area contributed by atoms with Gasteiger partial charge in [-0.25, -0.2) is 9.37 Å². The van der Waals surface area contributed by atoms with Gasteiger partial charge in [0.05, 0.1) is 22.8 Å². The molecule has 154 valence electrons. The monoisotopic (exact) mass is 422 g/mol. The molecule has 2 saturated heterocycles. The number of carbonyl (C=O) groups is 1. The summed E-state index contributed by atoms with van der Waals surface area (Å²) in [4.78, 5) is 27.4. The maximum Gasteiger partial charge on any atom is 0.255 e. The molecule has 3 aromatic rings. The number of carbonyl (C=O) groups excluding carboxylic acids is 1. The smallest absolute Gasteiger partial charge is 0.255 e. The average molecular weight is 423 g/mol. The lowest BCUT2D eigenvalue weighted by atomic mass is 9.89. The third kappa shape index (κ3) is 3.52. The molecule has 5 rings (SSSR count). The number of rotatable bonds is 4. The Morgan fingerprint density at radius 3 is 2.87 bits per heavy atom. The Bertz CT molecular complexity index is 1060. The van der Waals surface area contributed by atoms with Crippen LogP contribution in [-0.2, 0) is 6.54 Å². The molecule has 1 amide bonds. The van der Waals surface area contributed by atoms with E-state index in [9.17, 15) is 9.18 Å². The van der Waals surface area contributed by atoms with Crippen LogP contribution in [0, 0.1) is 24.6 Å². The second kappa shape index (κ2) is 7.89. The summed E-state index contributed by atoms with van der Waals surface area (Å²) in [6.45, 7) is 5.44. The van der Waals surface area contributed by atoms with Crippen molar-refractivity contribution in [1.82, 2.24) is 19.8 Å². The Morgan fingerprint density at radius 2 is 2.13 bits per heavy atom. The van der Waals surface area contributed by atoms with Crippen LogP contribution in [0.1, 0.15) is 32.5 Å². The quantitative estimate of drug-likeness (QED) is 0.639. The standard InChI is InChI=1S/C23H23FN4OS/c1-15-21(30-14-26-15)13-27-10-18-11-28(23(29)17-5-3-7-25-9-17)22(20(18)12-27)16-4-2-6-19(24)8-16/h2-9,14,18,20,22H,10-13H2,1H3/t18-,20-,22+/m0/s1. The van der Waals surface area contributed by atoms with Gasteiger partial charge in [0.1, 0.15) is 5.82 Å². The molecule has 30 heavy (non-hydrogen) atoms. The largest absolute Gasteiger partial charge is 0.331 e. The zero-order chi connectivity index (χ0) is 20.7. The molecule has 2 aromatic heterocycles. The molecule has 2 aliphatic heterocycles. The van der Waals surface area contributed by atoms with Crippen molar-refractivity contribution >= 4 is 17.2 Å². The Labute approximate surface area is 179 Å². The first-order valence-corrected chi connectivity index (χ1v) is 11.1. The average Bonchev–Trinajstić information content (AvgIpc) is 3.43. The minimum Gasteiger partial charge on any atom is -0.331 e. The van der Waals surface area contributed by atoms with E-state index < -0.39 is 0 Å². The Morgan fingerprint density at radius 1 is 1.23 bits per heavy atom. The number of pyridine rings is 1. The van der Waals surface area contributed by atoms with E-state index in [4.69, 9.17) is 0 Å². The third-order valence-corrected chi connectivity index (χ3v) is 7.23. The van der Waals surface area contributed by atoms with E-state index in [1.807, 2.05) is 23.4 Å². The molecule has 0 spiro atoms. The van der Waals surface area contributed by atoms with Crippen LogP contribution in [0.5, 0.6) is 0 Å². The van der Waals surface area contributed by atoms with Gasteiger partial charge in [-0.2, -0.15) is 0 Å². The van der Waals surface area contributed by atoms with E-state index in [0.29, 0.717) is 18.0 Å². The van der Waals surface area contributed by atoms with Gasteiger partial charge in [0, 0.05) is 49.4 Å². The van der Waals surface area contributed by atoms with Crippen LogP contribution >= 0.6 is 11.3 Å². The number of aryl methyl sites for hydroxylation is 1. The number of likely N-dealkylation sites (tertiary alicyclic amines) is 2. The number of nitrogens with zero attached hydrogens (tertiary/aromatic N) is 4. The van der Waals surface area contributed by atoms with Crippen molar-refractivity contribution in [2.75, 3.05) is 19.6 Å². The first kappa shape index (κ1) is 19.3. The zero-order valence-electron chi connectivity index (χ0n) is 16.7. The van der Waals surface area contributed by atoms with Crippen LogP contribution in [0.2, 0.25) is 0 Å². The summed E-state index contributed by atoms with van der Waals surface area (Å²) in [5, 5.41) is 0. The minimum absolute atomic E-state index is 0.0309. The number of halogens is 1. The summed E-state index contributed by atoms with van der Waals surface area (Å²) >= 11 is 1.69. The van der Waals surface area contributed by atoms with E-state index in [0.717, 1.165) is 30.9 Å². The van der Waals surface area contributed by atoms with Crippen molar-refractivity contribution < 1.29 is 9.18 Å². The molecule has 0 unspecified atom stereocenters. The fourth-order valence-corrected chi connectivity index (χ4v) is 5.75. The normalized spacial score (nSPS) is 23.7. The van der Waals surface area contributed by atoms with Gasteiger partial charge in [0.25, 0.3) is 5.91 Å². The van der Waals surface area contributed by atoms with Gasteiger partial charge in [-0.15, -0.1) is 11.3 Å². The van der Waals surface area contributed by atoms with E-state index in [-0.39, 0.29) is 23.7 Å². The summed E-state index contributed by atoms with van der Waals surface area (Å²) in [7, 11) is 0. The van der Waals surface area contributed by atoms with E-state index in [1.165, 1.54) is 10.9 Å². The van der Waals surface area contributed by atoms with Gasteiger partial charge in [-0.1, -0.05) is 12.1 Å². The molecule has 0 N–H and O–H groups in total. The fourth-order valence-electron chi connectivity index (χ4n) is 4.93. The van der Waals surface area contributed by atoms with Crippen molar-refractivity contribution in [3.63, 3.8) is 0 Å². The Balaban J connectivity index is 1.43. The lowest BCUT2D eigenvalue weighted by Crippen LogP contribution is -2.35. The lowest BCUT2D eigenvalue weighted by molar-refractivity contribution is 0.0699. The van der Waals surface area contributed by atoms with Crippen LogP contribution in [0.25, 0.3) is 0 Å². The number of aromatic nitrogens is 2. The highest BCUT2D eigenvalue weighted by atomic mass is 32.1. The van der Waals surface area contributed by atoms with E-state index in [2.05, 4.69) is 14.9 Å². The maximum atomic E-state index is 14.1. The first-order chi connectivity index (χ1) is 14.6. The summed E-state index contributed by atoms with van der Waals surface area (Å²) in [6.07, 6.45) is 3.27. The second-order valence-electron chi connectivity index (χ2n) is 8.18. The first-order valence-electron chi connectivity index (χ1n) is 10.2. The molecule has 0 radical (unpaired) electrons. The summed E-state index contributed by atoms with van der Waals surface area (Å²) in [5.74, 6) is 0.351. The van der Waals surface area contributed by atoms with Crippen molar-refractivity contribution in [2.24, 2.45) is 11.8 Å². The van der Waals surface area contributed by atoms with Crippen molar-refractivity contribution in [1.29, 1.82) is 0 Å². The molecule has 4 heterocycles. The number of fused-ring (bicyclic) bond motifs is 1. The number of hydrogen-bond acceptors (Lipinski definition) is 5. The number of thiazole rings is 1. The molecule has 2 aliphatic rings. The number of benzene rings is 1. The highest BCUT2D eigenvalue weighted by Crippen LogP contribution is 2.46. The summed E-state index contributed by atoms with van der Waals surface area (Å²) in [5.41, 5.74) is 4.43. The number of hydrogen-bond donors (Lipinski definition) is 0. The topological polar surface area (TPSA) is 49.3 Å². The molecule has 5 nitrogen and oxygen atoms in total. The van der Waals surface area contributed by atoms with Gasteiger partial charge < -0.3 is 4.90 Å². The molecule has 3 atom stereocenters. The van der Waals surface area contributed by atoms with Gasteiger partial charge in [-0.05, 0) is 42.7 Å². The van der Waals surface area contributed by atoms with Gasteiger partial charge in [0.2, 0.25) is 0 Å². The SMILES string of the molecule is Cc1ncsc1CN1C[C@H]2CN(C(=O)c3cccnc3)[C@H](c3cccc(F)c3)[C@H]2C1. The van der Waals surface area contributed by atoms with Crippen LogP contribution in [-0.4, -0.2) is 45.3 Å². The fraction of sp³-hybridized carbons (Fsp3) is 0.348. The molecule has 2 fully saturated rings. The lowest BCUT2D eigenvalue weighted by Gasteiger charge is -2.30. The van der Waals surface area contributed by atoms with Gasteiger partial charge >= 0.3 is 0 Å². The van der Waals surface area contributed by atoms with E-state index >= 15 is 0 Å². The van der Waals surface area contributed by atoms with Crippen molar-refractivity contribution in [3.8, 4) is 0 Å². The maximum absolute atomic E-state index is 14.1. The second-order valence-corrected chi connectivity index (χ2v) is 9.12. The van der Waals surface area contributed by atoms with Crippen LogP contribution in [0.4, 0.5) is 4.39 Å². The zero-order valence-corrected chi connectivity index (χ0v) is 17.6. The third-order valence-electron chi connectivity index (χ3n) is 6.31. The summed E-state index contributed by atoms with van der Waals surface area (Å²) < 4.78 is 14.1. The van der Waals surface area contributed by atoms with Crippen LogP contribution in [0.15, 0.2) is 54.3 Å². The number of amides is 1. The Kier molecular flexibility index (Phi) is 5.08.